The van der Waals surface area contributed by atoms with Crippen molar-refractivity contribution < 1.29 is 13.2 Å². The van der Waals surface area contributed by atoms with Gasteiger partial charge in [0.05, 0.1) is 28.2 Å². The second-order valence-electron chi connectivity index (χ2n) is 7.89. The molecule has 0 radical (unpaired) electrons. The summed E-state index contributed by atoms with van der Waals surface area (Å²) < 4.78 is 25.2. The number of sulfone groups is 1. The highest BCUT2D eigenvalue weighted by Crippen LogP contribution is 2.23. The molecular weight excluding hydrogens is 446 g/mol. The average Bonchev–Trinajstić information content (AvgIpc) is 3.02. The molecule has 1 aliphatic rings. The summed E-state index contributed by atoms with van der Waals surface area (Å²) in [5, 5.41) is 1.44. The van der Waals surface area contributed by atoms with Crippen molar-refractivity contribution in [2.24, 2.45) is 5.92 Å². The molecule has 1 amide bonds. The molecule has 1 atom stereocenters. The van der Waals surface area contributed by atoms with Crippen molar-refractivity contribution >= 4 is 50.0 Å². The Hall–Kier alpha value is -1.58. The summed E-state index contributed by atoms with van der Waals surface area (Å²) in [5.41, 5.74) is 0.339. The maximum absolute atomic E-state index is 13.0. The van der Waals surface area contributed by atoms with Crippen LogP contribution in [-0.4, -0.2) is 58.6 Å². The molecule has 1 saturated heterocycles. The van der Waals surface area contributed by atoms with E-state index in [1.165, 1.54) is 11.8 Å². The van der Waals surface area contributed by atoms with Crippen molar-refractivity contribution in [3.8, 4) is 0 Å². The number of hydrogen-bond acceptors (Lipinski definition) is 6. The lowest BCUT2D eigenvalue weighted by atomic mass is 10.2. The lowest BCUT2D eigenvalue weighted by Gasteiger charge is -2.26. The van der Waals surface area contributed by atoms with Crippen LogP contribution in [0.4, 0.5) is 0 Å². The van der Waals surface area contributed by atoms with Gasteiger partial charge in [-0.05, 0) is 37.5 Å². The van der Waals surface area contributed by atoms with Crippen LogP contribution in [0.25, 0.3) is 10.9 Å². The molecule has 1 aromatic carbocycles. The minimum Gasteiger partial charge on any atom is -0.338 e. The minimum absolute atomic E-state index is 0.0159. The van der Waals surface area contributed by atoms with E-state index >= 15 is 0 Å². The molecule has 2 aromatic rings. The Kier molecular flexibility index (Phi) is 7.14. The van der Waals surface area contributed by atoms with Crippen molar-refractivity contribution in [1.82, 2.24) is 14.5 Å². The molecular formula is C20H26ClN3O4S2. The number of aromatic nitrogens is 2. The zero-order valence-corrected chi connectivity index (χ0v) is 19.7. The number of fused-ring (bicyclic) bond motifs is 1. The normalized spacial score (nSPS) is 18.2. The number of nitrogens with zero attached hydrogens (tertiary/aromatic N) is 3. The van der Waals surface area contributed by atoms with Gasteiger partial charge in [-0.25, -0.2) is 13.4 Å². The molecule has 0 bridgehead atoms. The number of halogens is 1. The van der Waals surface area contributed by atoms with E-state index in [4.69, 9.17) is 11.6 Å². The molecule has 10 heteroatoms. The smallest absolute Gasteiger partial charge is 0.262 e. The molecule has 7 nitrogen and oxygen atoms in total. The molecule has 2 heterocycles. The number of rotatable bonds is 7. The Morgan fingerprint density at radius 3 is 2.73 bits per heavy atom. The first-order valence-corrected chi connectivity index (χ1v) is 13.1. The predicted octanol–water partition coefficient (Wildman–Crippen LogP) is 2.83. The topological polar surface area (TPSA) is 89.3 Å². The van der Waals surface area contributed by atoms with Crippen molar-refractivity contribution in [2.45, 2.75) is 44.9 Å². The van der Waals surface area contributed by atoms with Crippen LogP contribution < -0.4 is 5.56 Å². The molecule has 0 unspecified atom stereocenters. The van der Waals surface area contributed by atoms with Crippen molar-refractivity contribution in [3.63, 3.8) is 0 Å². The van der Waals surface area contributed by atoms with Crippen LogP contribution in [0.5, 0.6) is 0 Å². The van der Waals surface area contributed by atoms with Gasteiger partial charge in [-0.15, -0.1) is 0 Å². The highest BCUT2D eigenvalue weighted by molar-refractivity contribution is 7.99. The molecule has 1 aliphatic heterocycles. The van der Waals surface area contributed by atoms with E-state index in [-0.39, 0.29) is 40.7 Å². The summed E-state index contributed by atoms with van der Waals surface area (Å²) in [6.07, 6.45) is 0.470. The highest BCUT2D eigenvalue weighted by atomic mass is 35.5. The molecule has 1 fully saturated rings. The first kappa shape index (κ1) is 23.1. The second kappa shape index (κ2) is 9.28. The van der Waals surface area contributed by atoms with Crippen LogP contribution >= 0.6 is 23.4 Å². The van der Waals surface area contributed by atoms with Gasteiger partial charge in [0.1, 0.15) is 0 Å². The molecule has 3 rings (SSSR count). The number of amides is 1. The van der Waals surface area contributed by atoms with E-state index in [1.807, 2.05) is 20.8 Å². The van der Waals surface area contributed by atoms with E-state index < -0.39 is 9.84 Å². The van der Waals surface area contributed by atoms with Crippen LogP contribution in [0.15, 0.2) is 28.2 Å². The predicted molar refractivity (Wildman–Crippen MR) is 121 cm³/mol. The van der Waals surface area contributed by atoms with Gasteiger partial charge in [0.15, 0.2) is 15.0 Å². The highest BCUT2D eigenvalue weighted by Gasteiger charge is 2.33. The fraction of sp³-hybridized carbons (Fsp3) is 0.550. The molecule has 0 saturated carbocycles. The van der Waals surface area contributed by atoms with E-state index in [9.17, 15) is 18.0 Å². The van der Waals surface area contributed by atoms with Crippen LogP contribution in [0, 0.1) is 5.92 Å². The fourth-order valence-electron chi connectivity index (χ4n) is 3.68. The summed E-state index contributed by atoms with van der Waals surface area (Å²) in [5.74, 6) is 0.291. The molecule has 164 valence electrons. The van der Waals surface area contributed by atoms with Crippen LogP contribution in [0.2, 0.25) is 5.02 Å². The number of thioether (sulfide) groups is 1. The van der Waals surface area contributed by atoms with Gasteiger partial charge in [0, 0.05) is 24.2 Å². The third-order valence-corrected chi connectivity index (χ3v) is 8.01. The fourth-order valence-corrected chi connectivity index (χ4v) is 6.47. The van der Waals surface area contributed by atoms with Crippen molar-refractivity contribution in [3.05, 3.63) is 33.6 Å². The molecule has 0 spiro atoms. The first-order valence-electron chi connectivity index (χ1n) is 9.94. The third kappa shape index (κ3) is 5.18. The standard InChI is InChI=1S/C20H26ClN3O4S2/c1-4-23(15-7-8-30(27,28)12-15)18(25)11-29-20-22-17-9-14(21)5-6-16(17)19(26)24(20)10-13(2)3/h5-6,9,13,15H,4,7-8,10-12H2,1-3H3/t15-/m0/s1. The summed E-state index contributed by atoms with van der Waals surface area (Å²) in [4.78, 5) is 32.1. The maximum atomic E-state index is 13.0. The van der Waals surface area contributed by atoms with E-state index in [0.717, 1.165) is 0 Å². The lowest BCUT2D eigenvalue weighted by molar-refractivity contribution is -0.129. The van der Waals surface area contributed by atoms with Gasteiger partial charge in [-0.3, -0.25) is 14.2 Å². The van der Waals surface area contributed by atoms with Crippen molar-refractivity contribution in [2.75, 3.05) is 23.8 Å². The van der Waals surface area contributed by atoms with Gasteiger partial charge >= 0.3 is 0 Å². The average molecular weight is 472 g/mol. The SMILES string of the molecule is CCN(C(=O)CSc1nc2cc(Cl)ccc2c(=O)n1CC(C)C)[C@H]1CCS(=O)(=O)C1. The maximum Gasteiger partial charge on any atom is 0.262 e. The largest absolute Gasteiger partial charge is 0.338 e. The zero-order valence-electron chi connectivity index (χ0n) is 17.3. The first-order chi connectivity index (χ1) is 14.1. The Labute approximate surface area is 185 Å². The van der Waals surface area contributed by atoms with Gasteiger partial charge < -0.3 is 4.90 Å². The Bertz CT molecular complexity index is 1110. The van der Waals surface area contributed by atoms with Crippen LogP contribution in [0.1, 0.15) is 27.2 Å². The quantitative estimate of drug-likeness (QED) is 0.455. The lowest BCUT2D eigenvalue weighted by Crippen LogP contribution is -2.42. The molecule has 1 aromatic heterocycles. The third-order valence-electron chi connectivity index (χ3n) is 5.07. The van der Waals surface area contributed by atoms with Gasteiger partial charge in [-0.1, -0.05) is 37.2 Å². The second-order valence-corrected chi connectivity index (χ2v) is 11.5. The van der Waals surface area contributed by atoms with Gasteiger partial charge in [-0.2, -0.15) is 0 Å². The number of carbonyl (C=O) groups excluding carboxylic acids is 1. The zero-order chi connectivity index (χ0) is 22.1. The summed E-state index contributed by atoms with van der Waals surface area (Å²) >= 11 is 7.27. The number of hydrogen-bond donors (Lipinski definition) is 0. The van der Waals surface area contributed by atoms with E-state index in [1.54, 1.807) is 27.7 Å². The van der Waals surface area contributed by atoms with E-state index in [0.29, 0.717) is 40.6 Å². The molecule has 0 N–H and O–H groups in total. The number of benzene rings is 1. The van der Waals surface area contributed by atoms with Gasteiger partial charge in [0.2, 0.25) is 5.91 Å². The van der Waals surface area contributed by atoms with Crippen molar-refractivity contribution in [1.29, 1.82) is 0 Å². The monoisotopic (exact) mass is 471 g/mol. The molecule has 30 heavy (non-hydrogen) atoms. The van der Waals surface area contributed by atoms with E-state index in [2.05, 4.69) is 4.98 Å². The number of carbonyl (C=O) groups is 1. The Morgan fingerprint density at radius 1 is 1.40 bits per heavy atom. The minimum atomic E-state index is -3.08. The summed E-state index contributed by atoms with van der Waals surface area (Å²) in [6.45, 7) is 6.80. The Balaban J connectivity index is 1.86. The Morgan fingerprint density at radius 2 is 2.13 bits per heavy atom. The van der Waals surface area contributed by atoms with Crippen LogP contribution in [0.3, 0.4) is 0 Å². The summed E-state index contributed by atoms with van der Waals surface area (Å²) in [6, 6.07) is 4.70. The molecule has 0 aliphatic carbocycles. The summed E-state index contributed by atoms with van der Waals surface area (Å²) in [7, 11) is -3.08. The van der Waals surface area contributed by atoms with Gasteiger partial charge in [0.25, 0.3) is 5.56 Å². The van der Waals surface area contributed by atoms with Crippen LogP contribution in [-0.2, 0) is 21.2 Å².